The maximum absolute atomic E-state index is 11.6. The largest absolute Gasteiger partial charge is 0.480 e. The van der Waals surface area contributed by atoms with Gasteiger partial charge in [0, 0.05) is 18.0 Å². The second-order valence-electron chi connectivity index (χ2n) is 3.28. The molecule has 7 nitrogen and oxygen atoms in total. The Morgan fingerprint density at radius 1 is 1.44 bits per heavy atom. The zero-order chi connectivity index (χ0) is 12.9. The second-order valence-corrected chi connectivity index (χ2v) is 3.28. The van der Waals surface area contributed by atoms with Gasteiger partial charge < -0.3 is 27.3 Å². The van der Waals surface area contributed by atoms with E-state index in [-0.39, 0.29) is 23.5 Å². The average molecular weight is 228 g/mol. The Morgan fingerprint density at radius 3 is 2.19 bits per heavy atom. The predicted molar refractivity (Wildman–Crippen MR) is 58.9 cm³/mol. The van der Waals surface area contributed by atoms with E-state index in [1.54, 1.807) is 0 Å². The lowest BCUT2D eigenvalue weighted by atomic mass is 10.1. The molecule has 7 heteroatoms. The lowest BCUT2D eigenvalue weighted by molar-refractivity contribution is -0.140. The van der Waals surface area contributed by atoms with Crippen molar-refractivity contribution in [3.05, 3.63) is 11.3 Å². The molecule has 0 aromatic heterocycles. The zero-order valence-corrected chi connectivity index (χ0v) is 9.20. The minimum atomic E-state index is -1.23. The maximum atomic E-state index is 11.6. The Bertz CT molecular complexity index is 345. The summed E-state index contributed by atoms with van der Waals surface area (Å²) in [4.78, 5) is 22.2. The van der Waals surface area contributed by atoms with Crippen molar-refractivity contribution < 1.29 is 14.7 Å². The van der Waals surface area contributed by atoms with Gasteiger partial charge in [-0.05, 0) is 13.8 Å². The van der Waals surface area contributed by atoms with E-state index in [1.165, 1.54) is 13.8 Å². The van der Waals surface area contributed by atoms with E-state index in [2.05, 4.69) is 5.32 Å². The van der Waals surface area contributed by atoms with E-state index in [1.807, 2.05) is 0 Å². The van der Waals surface area contributed by atoms with E-state index < -0.39 is 17.9 Å². The number of hydrogen-bond donors (Lipinski definition) is 5. The number of carboxylic acids is 1. The summed E-state index contributed by atoms with van der Waals surface area (Å²) in [7, 11) is 0. The van der Waals surface area contributed by atoms with Crippen molar-refractivity contribution in [3.63, 3.8) is 0 Å². The number of hydrogen-bond acceptors (Lipinski definition) is 5. The fraction of sp³-hybridized carbons (Fsp3) is 0.444. The molecule has 0 spiro atoms. The standard InChI is InChI=1S/C9H16N4O3/c1-4(11)7(5(2)12)8(14)13-6(3-10)9(15)16/h6,11H,3,10,12H2,1-2H3,(H,13,14)(H,15,16)/b7-5+,11-4?/t6-/m0/s1. The number of aliphatic carboxylic acids is 1. The van der Waals surface area contributed by atoms with E-state index in [0.717, 1.165) is 0 Å². The van der Waals surface area contributed by atoms with Crippen LogP contribution in [0.15, 0.2) is 11.3 Å². The Morgan fingerprint density at radius 2 is 1.94 bits per heavy atom. The zero-order valence-electron chi connectivity index (χ0n) is 9.20. The number of amides is 1. The third-order valence-electron chi connectivity index (χ3n) is 1.84. The number of carboxylic acid groups (broad SMARTS) is 1. The van der Waals surface area contributed by atoms with Crippen LogP contribution < -0.4 is 16.8 Å². The first-order chi connectivity index (χ1) is 7.31. The van der Waals surface area contributed by atoms with Gasteiger partial charge in [0.1, 0.15) is 6.04 Å². The average Bonchev–Trinajstić information content (AvgIpc) is 2.12. The van der Waals surface area contributed by atoms with Crippen LogP contribution in [0.1, 0.15) is 13.8 Å². The Balaban J connectivity index is 4.87. The highest BCUT2D eigenvalue weighted by Gasteiger charge is 2.21. The molecule has 0 aliphatic heterocycles. The Hall–Kier alpha value is -1.89. The van der Waals surface area contributed by atoms with Crippen LogP contribution in [0.5, 0.6) is 0 Å². The molecule has 0 aliphatic rings. The van der Waals surface area contributed by atoms with E-state index in [4.69, 9.17) is 22.0 Å². The van der Waals surface area contributed by atoms with Gasteiger partial charge in [0.2, 0.25) is 0 Å². The molecule has 7 N–H and O–H groups in total. The van der Waals surface area contributed by atoms with Crippen molar-refractivity contribution in [3.8, 4) is 0 Å². The van der Waals surface area contributed by atoms with Crippen molar-refractivity contribution in [1.29, 1.82) is 5.41 Å². The third kappa shape index (κ3) is 3.70. The summed E-state index contributed by atoms with van der Waals surface area (Å²) in [5, 5.41) is 18.2. The van der Waals surface area contributed by atoms with Crippen molar-refractivity contribution in [2.45, 2.75) is 19.9 Å². The van der Waals surface area contributed by atoms with Gasteiger partial charge >= 0.3 is 5.97 Å². The third-order valence-corrected chi connectivity index (χ3v) is 1.84. The van der Waals surface area contributed by atoms with Gasteiger partial charge in [0.05, 0.1) is 5.57 Å². The summed E-state index contributed by atoms with van der Waals surface area (Å²) >= 11 is 0. The fourth-order valence-electron chi connectivity index (χ4n) is 1.10. The van der Waals surface area contributed by atoms with E-state index in [9.17, 15) is 9.59 Å². The van der Waals surface area contributed by atoms with Gasteiger partial charge in [0.15, 0.2) is 0 Å². The smallest absolute Gasteiger partial charge is 0.327 e. The van der Waals surface area contributed by atoms with Crippen LogP contribution in [0.2, 0.25) is 0 Å². The Kier molecular flexibility index (Phi) is 5.17. The summed E-state index contributed by atoms with van der Waals surface area (Å²) in [5.41, 5.74) is 10.7. The SMILES string of the molecule is CC(=N)/C(C(=O)N[C@@H](CN)C(=O)O)=C(/C)N. The molecule has 0 saturated heterocycles. The first kappa shape index (κ1) is 14.1. The second kappa shape index (κ2) is 5.86. The molecule has 0 unspecified atom stereocenters. The molecule has 0 aliphatic carbocycles. The van der Waals surface area contributed by atoms with Gasteiger partial charge in [0.25, 0.3) is 5.91 Å². The Labute approximate surface area is 93.0 Å². The van der Waals surface area contributed by atoms with Crippen LogP contribution in [0.4, 0.5) is 0 Å². The molecule has 90 valence electrons. The molecule has 0 fully saturated rings. The molecule has 1 atom stereocenters. The molecular formula is C9H16N4O3. The molecule has 0 heterocycles. The highest BCUT2D eigenvalue weighted by Crippen LogP contribution is 2.01. The van der Waals surface area contributed by atoms with E-state index in [0.29, 0.717) is 0 Å². The van der Waals surface area contributed by atoms with Crippen molar-refractivity contribution in [2.24, 2.45) is 11.5 Å². The number of carbonyl (C=O) groups excluding carboxylic acids is 1. The number of nitrogens with one attached hydrogen (secondary N) is 2. The number of allylic oxidation sites excluding steroid dienone is 1. The summed E-state index contributed by atoms with van der Waals surface area (Å²) in [6.07, 6.45) is 0. The van der Waals surface area contributed by atoms with Crippen LogP contribution in [-0.2, 0) is 9.59 Å². The highest BCUT2D eigenvalue weighted by atomic mass is 16.4. The molecule has 0 saturated carbocycles. The summed E-state index contributed by atoms with van der Waals surface area (Å²) in [6.45, 7) is 2.63. The lowest BCUT2D eigenvalue weighted by Crippen LogP contribution is -2.47. The minimum Gasteiger partial charge on any atom is -0.480 e. The molecule has 0 radical (unpaired) electrons. The van der Waals surface area contributed by atoms with Crippen molar-refractivity contribution >= 4 is 17.6 Å². The van der Waals surface area contributed by atoms with Gasteiger partial charge in [-0.2, -0.15) is 0 Å². The maximum Gasteiger partial charge on any atom is 0.327 e. The van der Waals surface area contributed by atoms with Gasteiger partial charge in [-0.3, -0.25) is 4.79 Å². The molecular weight excluding hydrogens is 212 g/mol. The molecule has 0 rings (SSSR count). The summed E-state index contributed by atoms with van der Waals surface area (Å²) in [6, 6.07) is -1.18. The summed E-state index contributed by atoms with van der Waals surface area (Å²) in [5.74, 6) is -1.93. The topological polar surface area (TPSA) is 142 Å². The molecule has 1 amide bonds. The lowest BCUT2D eigenvalue weighted by Gasteiger charge is -2.14. The van der Waals surface area contributed by atoms with Crippen LogP contribution in [0.25, 0.3) is 0 Å². The van der Waals surface area contributed by atoms with Crippen LogP contribution >= 0.6 is 0 Å². The van der Waals surface area contributed by atoms with Crippen LogP contribution in [0, 0.1) is 5.41 Å². The van der Waals surface area contributed by atoms with Gasteiger partial charge in [-0.15, -0.1) is 0 Å². The number of carbonyl (C=O) groups is 2. The minimum absolute atomic E-state index is 0.0281. The van der Waals surface area contributed by atoms with Crippen LogP contribution in [0.3, 0.4) is 0 Å². The van der Waals surface area contributed by atoms with Gasteiger partial charge in [-0.1, -0.05) is 0 Å². The molecule has 0 bridgehead atoms. The number of nitrogens with two attached hydrogens (primary N) is 2. The molecule has 16 heavy (non-hydrogen) atoms. The highest BCUT2D eigenvalue weighted by molar-refractivity contribution is 6.20. The predicted octanol–water partition coefficient (Wildman–Crippen LogP) is -1.21. The summed E-state index contributed by atoms with van der Waals surface area (Å²) < 4.78 is 0. The fourth-order valence-corrected chi connectivity index (χ4v) is 1.10. The number of rotatable bonds is 5. The first-order valence-electron chi connectivity index (χ1n) is 4.56. The quantitative estimate of drug-likeness (QED) is 0.296. The molecule has 0 aromatic carbocycles. The van der Waals surface area contributed by atoms with Crippen molar-refractivity contribution in [1.82, 2.24) is 5.32 Å². The molecule has 0 aromatic rings. The van der Waals surface area contributed by atoms with Crippen LogP contribution in [-0.4, -0.2) is 35.3 Å². The van der Waals surface area contributed by atoms with E-state index >= 15 is 0 Å². The normalized spacial score (nSPS) is 13.7. The first-order valence-corrected chi connectivity index (χ1v) is 4.56. The van der Waals surface area contributed by atoms with Gasteiger partial charge in [-0.25, -0.2) is 4.79 Å². The monoisotopic (exact) mass is 228 g/mol. The van der Waals surface area contributed by atoms with Crippen molar-refractivity contribution in [2.75, 3.05) is 6.54 Å².